The number of thiazole rings is 1. The Hall–Kier alpha value is -2.82. The minimum atomic E-state index is -1.65. The number of aromatic nitrogens is 1. The maximum atomic E-state index is 13.6. The first-order valence-electron chi connectivity index (χ1n) is 6.81. The number of nitrogens with zero attached hydrogens (tertiary/aromatic N) is 1. The van der Waals surface area contributed by atoms with Gasteiger partial charge in [0, 0.05) is 0 Å². The quantitative estimate of drug-likeness (QED) is 0.651. The zero-order chi connectivity index (χ0) is 18.0. The SMILES string of the molecule is O=C(COC(=O)C1=COCCO1)Nc1nc2c(F)c(F)c(F)cc2s1. The van der Waals surface area contributed by atoms with Crippen LogP contribution in [0.4, 0.5) is 18.3 Å². The molecule has 0 fully saturated rings. The number of ether oxygens (including phenoxy) is 3. The van der Waals surface area contributed by atoms with Crippen molar-refractivity contribution in [2.75, 3.05) is 25.1 Å². The third-order valence-electron chi connectivity index (χ3n) is 2.95. The summed E-state index contributed by atoms with van der Waals surface area (Å²) in [6.45, 7) is -0.190. The lowest BCUT2D eigenvalue weighted by atomic mass is 10.3. The van der Waals surface area contributed by atoms with E-state index >= 15 is 0 Å². The van der Waals surface area contributed by atoms with Crippen molar-refractivity contribution >= 4 is 38.6 Å². The number of fused-ring (bicyclic) bond motifs is 1. The molecule has 0 unspecified atom stereocenters. The van der Waals surface area contributed by atoms with E-state index in [9.17, 15) is 22.8 Å². The van der Waals surface area contributed by atoms with E-state index in [-0.39, 0.29) is 22.2 Å². The number of rotatable bonds is 4. The van der Waals surface area contributed by atoms with Crippen LogP contribution >= 0.6 is 11.3 Å². The zero-order valence-electron chi connectivity index (χ0n) is 12.3. The molecule has 0 atom stereocenters. The third-order valence-corrected chi connectivity index (χ3v) is 3.87. The molecule has 132 valence electrons. The fraction of sp³-hybridized carbons (Fsp3) is 0.214. The normalized spacial score (nSPS) is 13.6. The van der Waals surface area contributed by atoms with Crippen molar-refractivity contribution in [2.45, 2.75) is 0 Å². The summed E-state index contributed by atoms with van der Waals surface area (Å²) in [5.41, 5.74) is -0.408. The number of carbonyl (C=O) groups is 2. The average Bonchev–Trinajstić information content (AvgIpc) is 3.00. The monoisotopic (exact) mass is 374 g/mol. The molecule has 0 bridgehead atoms. The summed E-state index contributed by atoms with van der Waals surface area (Å²) in [5.74, 6) is -6.29. The lowest BCUT2D eigenvalue weighted by molar-refractivity contribution is -0.148. The molecule has 0 saturated heterocycles. The van der Waals surface area contributed by atoms with Crippen molar-refractivity contribution < 1.29 is 37.0 Å². The molecule has 1 N–H and O–H groups in total. The first-order valence-corrected chi connectivity index (χ1v) is 7.63. The van der Waals surface area contributed by atoms with Gasteiger partial charge >= 0.3 is 5.97 Å². The molecule has 1 amide bonds. The Morgan fingerprint density at radius 2 is 2.08 bits per heavy atom. The van der Waals surface area contributed by atoms with Crippen molar-refractivity contribution in [1.82, 2.24) is 4.98 Å². The number of anilines is 1. The van der Waals surface area contributed by atoms with E-state index in [4.69, 9.17) is 14.2 Å². The molecule has 1 aliphatic rings. The summed E-state index contributed by atoms with van der Waals surface area (Å²) < 4.78 is 54.5. The van der Waals surface area contributed by atoms with Crippen molar-refractivity contribution in [3.63, 3.8) is 0 Å². The Morgan fingerprint density at radius 1 is 1.28 bits per heavy atom. The van der Waals surface area contributed by atoms with Crippen molar-refractivity contribution in [3.05, 3.63) is 35.5 Å². The van der Waals surface area contributed by atoms with Crippen LogP contribution in [0.1, 0.15) is 0 Å². The van der Waals surface area contributed by atoms with Gasteiger partial charge in [0.1, 0.15) is 25.0 Å². The summed E-state index contributed by atoms with van der Waals surface area (Å²) in [6, 6.07) is 0.772. The number of nitrogens with one attached hydrogen (secondary N) is 1. The summed E-state index contributed by atoms with van der Waals surface area (Å²) in [7, 11) is 0. The molecule has 2 heterocycles. The topological polar surface area (TPSA) is 86.8 Å². The van der Waals surface area contributed by atoms with Crippen LogP contribution in [0.15, 0.2) is 18.1 Å². The van der Waals surface area contributed by atoms with Gasteiger partial charge in [-0.05, 0) is 6.07 Å². The molecule has 7 nitrogen and oxygen atoms in total. The van der Waals surface area contributed by atoms with E-state index in [0.29, 0.717) is 6.61 Å². The second-order valence-corrected chi connectivity index (χ2v) is 5.71. The van der Waals surface area contributed by atoms with Crippen LogP contribution < -0.4 is 5.32 Å². The maximum absolute atomic E-state index is 13.6. The van der Waals surface area contributed by atoms with Crippen molar-refractivity contribution in [1.29, 1.82) is 0 Å². The standard InChI is InChI=1S/C14H9F3N2O5S/c15-6-3-8-12(11(17)10(6)16)19-14(25-8)18-9(20)5-24-13(21)7-4-22-1-2-23-7/h3-4H,1-2,5H2,(H,18,19,20). The van der Waals surface area contributed by atoms with Gasteiger partial charge in [0.2, 0.25) is 5.76 Å². The number of carbonyl (C=O) groups excluding carboxylic acids is 2. The van der Waals surface area contributed by atoms with Gasteiger partial charge in [-0.3, -0.25) is 10.1 Å². The van der Waals surface area contributed by atoms with Gasteiger partial charge < -0.3 is 14.2 Å². The molecular formula is C14H9F3N2O5S. The number of hydrogen-bond donors (Lipinski definition) is 1. The highest BCUT2D eigenvalue weighted by Gasteiger charge is 2.20. The largest absolute Gasteiger partial charge is 0.493 e. The van der Waals surface area contributed by atoms with E-state index in [0.717, 1.165) is 23.7 Å². The zero-order valence-corrected chi connectivity index (χ0v) is 13.1. The molecule has 0 radical (unpaired) electrons. The molecule has 0 saturated carbocycles. The van der Waals surface area contributed by atoms with E-state index in [1.54, 1.807) is 0 Å². The molecule has 0 spiro atoms. The molecule has 1 aromatic carbocycles. The molecular weight excluding hydrogens is 365 g/mol. The van der Waals surface area contributed by atoms with Crippen LogP contribution in [0.25, 0.3) is 10.2 Å². The van der Waals surface area contributed by atoms with Gasteiger partial charge in [0.25, 0.3) is 5.91 Å². The van der Waals surface area contributed by atoms with Gasteiger partial charge in [-0.1, -0.05) is 11.3 Å². The van der Waals surface area contributed by atoms with Gasteiger partial charge in [0.05, 0.1) is 4.70 Å². The number of halogens is 3. The van der Waals surface area contributed by atoms with E-state index in [1.165, 1.54) is 0 Å². The molecule has 0 aliphatic carbocycles. The number of hydrogen-bond acceptors (Lipinski definition) is 7. The summed E-state index contributed by atoms with van der Waals surface area (Å²) >= 11 is 0.739. The predicted octanol–water partition coefficient (Wildman–Crippen LogP) is 2.08. The molecule has 25 heavy (non-hydrogen) atoms. The first kappa shape index (κ1) is 17.0. The Balaban J connectivity index is 1.63. The highest BCUT2D eigenvalue weighted by atomic mass is 32.1. The van der Waals surface area contributed by atoms with Crippen LogP contribution in [-0.2, 0) is 23.8 Å². The van der Waals surface area contributed by atoms with Crippen LogP contribution in [0, 0.1) is 17.5 Å². The van der Waals surface area contributed by atoms with E-state index in [1.807, 2.05) is 0 Å². The van der Waals surface area contributed by atoms with Gasteiger partial charge in [0.15, 0.2) is 29.2 Å². The van der Waals surface area contributed by atoms with Crippen molar-refractivity contribution in [2.24, 2.45) is 0 Å². The third kappa shape index (κ3) is 3.65. The Kier molecular flexibility index (Phi) is 4.74. The molecule has 1 aliphatic heterocycles. The summed E-state index contributed by atoms with van der Waals surface area (Å²) in [6.07, 6.45) is 1.07. The smallest absolute Gasteiger partial charge is 0.377 e. The molecule has 2 aromatic rings. The van der Waals surface area contributed by atoms with Crippen molar-refractivity contribution in [3.8, 4) is 0 Å². The minimum Gasteiger partial charge on any atom is -0.493 e. The number of esters is 1. The Bertz CT molecular complexity index is 883. The first-order chi connectivity index (χ1) is 12.0. The van der Waals surface area contributed by atoms with Gasteiger partial charge in [-0.2, -0.15) is 0 Å². The van der Waals surface area contributed by atoms with Crippen LogP contribution in [0.2, 0.25) is 0 Å². The fourth-order valence-corrected chi connectivity index (χ4v) is 2.77. The van der Waals surface area contributed by atoms with E-state index < -0.39 is 41.5 Å². The van der Waals surface area contributed by atoms with Crippen LogP contribution in [0.3, 0.4) is 0 Å². The highest BCUT2D eigenvalue weighted by Crippen LogP contribution is 2.30. The van der Waals surface area contributed by atoms with E-state index in [2.05, 4.69) is 10.3 Å². The fourth-order valence-electron chi connectivity index (χ4n) is 1.86. The second kappa shape index (κ2) is 6.97. The molecule has 1 aromatic heterocycles. The average molecular weight is 374 g/mol. The Labute approximate surface area is 142 Å². The highest BCUT2D eigenvalue weighted by molar-refractivity contribution is 7.22. The second-order valence-electron chi connectivity index (χ2n) is 4.68. The van der Waals surface area contributed by atoms with Crippen LogP contribution in [0.5, 0.6) is 0 Å². The minimum absolute atomic E-state index is 0.0154. The predicted molar refractivity (Wildman–Crippen MR) is 79.1 cm³/mol. The van der Waals surface area contributed by atoms with Crippen LogP contribution in [-0.4, -0.2) is 36.7 Å². The van der Waals surface area contributed by atoms with Gasteiger partial charge in [-0.25, -0.2) is 22.9 Å². The lowest BCUT2D eigenvalue weighted by Gasteiger charge is -2.14. The Morgan fingerprint density at radius 3 is 2.80 bits per heavy atom. The molecule has 3 rings (SSSR count). The number of benzene rings is 1. The summed E-state index contributed by atoms with van der Waals surface area (Å²) in [5, 5.41) is 2.14. The summed E-state index contributed by atoms with van der Waals surface area (Å²) in [4.78, 5) is 27.0. The molecule has 11 heteroatoms. The maximum Gasteiger partial charge on any atom is 0.377 e. The van der Waals surface area contributed by atoms with Gasteiger partial charge in [-0.15, -0.1) is 0 Å². The lowest BCUT2D eigenvalue weighted by Crippen LogP contribution is -2.23. The number of amides is 1.